The van der Waals surface area contributed by atoms with Gasteiger partial charge >= 0.3 is 11.4 Å². The van der Waals surface area contributed by atoms with Crippen molar-refractivity contribution in [1.82, 2.24) is 9.97 Å². The maximum absolute atomic E-state index is 12.1. The maximum Gasteiger partial charge on any atom is 0.409 e. The van der Waals surface area contributed by atoms with Crippen LogP contribution in [0, 0.1) is 0 Å². The van der Waals surface area contributed by atoms with Gasteiger partial charge in [-0.3, -0.25) is 4.79 Å². The summed E-state index contributed by atoms with van der Waals surface area (Å²) >= 11 is 4.95. The van der Waals surface area contributed by atoms with Gasteiger partial charge in [-0.2, -0.15) is 0 Å². The lowest BCUT2D eigenvalue weighted by Gasteiger charge is -2.11. The van der Waals surface area contributed by atoms with Crippen molar-refractivity contribution in [3.8, 4) is 34.6 Å². The molecule has 0 N–H and O–H groups in total. The van der Waals surface area contributed by atoms with Gasteiger partial charge in [-0.15, -0.1) is 0 Å². The Bertz CT molecular complexity index is 1690. The second kappa shape index (κ2) is 18.7. The Balaban J connectivity index is 0.000000254. The SMILES string of the molecule is C1CCCCC1.COc1cc2ncnc(Oc3ccc(CC(=O)Oc4ccccc4)cc3)c2cc1OC.O=C(Cl)Oc1ccccc1. The molecule has 6 rings (SSSR count). The molecule has 9 nitrogen and oxygen atoms in total. The fourth-order valence-corrected chi connectivity index (χ4v) is 4.78. The molecule has 1 heterocycles. The first-order valence-corrected chi connectivity index (χ1v) is 15.6. The van der Waals surface area contributed by atoms with E-state index in [0.29, 0.717) is 45.5 Å². The Kier molecular flexibility index (Phi) is 13.8. The van der Waals surface area contributed by atoms with Crippen molar-refractivity contribution in [3.63, 3.8) is 0 Å². The third-order valence-corrected chi connectivity index (χ3v) is 7.08. The molecule has 5 aromatic rings. The van der Waals surface area contributed by atoms with Crippen molar-refractivity contribution in [2.45, 2.75) is 44.9 Å². The third kappa shape index (κ3) is 11.6. The van der Waals surface area contributed by atoms with Gasteiger partial charge in [0.15, 0.2) is 11.5 Å². The molecule has 1 saturated carbocycles. The number of esters is 1. The van der Waals surface area contributed by atoms with Gasteiger partial charge in [-0.1, -0.05) is 87.1 Å². The summed E-state index contributed by atoms with van der Waals surface area (Å²) in [6.45, 7) is 0. The second-order valence-corrected chi connectivity index (χ2v) is 10.7. The van der Waals surface area contributed by atoms with E-state index in [-0.39, 0.29) is 12.4 Å². The van der Waals surface area contributed by atoms with Crippen LogP contribution >= 0.6 is 11.6 Å². The van der Waals surface area contributed by atoms with Crippen LogP contribution in [0.3, 0.4) is 0 Å². The van der Waals surface area contributed by atoms with E-state index in [9.17, 15) is 9.59 Å². The van der Waals surface area contributed by atoms with Gasteiger partial charge in [0.2, 0.25) is 5.88 Å². The third-order valence-electron chi connectivity index (χ3n) is 7.01. The molecule has 4 aromatic carbocycles. The van der Waals surface area contributed by atoms with Gasteiger partial charge in [0, 0.05) is 17.7 Å². The summed E-state index contributed by atoms with van der Waals surface area (Å²) in [6, 6.07) is 28.4. The number of fused-ring (bicyclic) bond motifs is 1. The molecule has 0 amide bonds. The Labute approximate surface area is 279 Å². The van der Waals surface area contributed by atoms with Gasteiger partial charge in [0.1, 0.15) is 23.6 Å². The summed E-state index contributed by atoms with van der Waals surface area (Å²) in [5.41, 5.74) is 0.668. The molecule has 0 radical (unpaired) electrons. The van der Waals surface area contributed by atoms with E-state index in [2.05, 4.69) is 14.7 Å². The Morgan fingerprint density at radius 1 is 0.660 bits per heavy atom. The van der Waals surface area contributed by atoms with Crippen molar-refractivity contribution in [3.05, 3.63) is 109 Å². The number of carbonyl (C=O) groups is 2. The molecule has 0 atom stereocenters. The number of benzene rings is 4. The molecule has 0 saturated heterocycles. The first kappa shape index (κ1) is 34.7. The summed E-state index contributed by atoms with van der Waals surface area (Å²) < 4.78 is 26.5. The van der Waals surface area contributed by atoms with Crippen LogP contribution in [0.2, 0.25) is 0 Å². The second-order valence-electron chi connectivity index (χ2n) is 10.4. The zero-order valence-corrected chi connectivity index (χ0v) is 27.2. The van der Waals surface area contributed by atoms with Crippen molar-refractivity contribution in [2.75, 3.05) is 14.2 Å². The van der Waals surface area contributed by atoms with Crippen molar-refractivity contribution in [2.24, 2.45) is 0 Å². The zero-order valence-electron chi connectivity index (χ0n) is 26.4. The molecular formula is C37H37ClN2O7. The van der Waals surface area contributed by atoms with Gasteiger partial charge < -0.3 is 23.7 Å². The fourth-order valence-electron chi connectivity index (χ4n) is 4.69. The van der Waals surface area contributed by atoms with E-state index in [1.165, 1.54) is 44.9 Å². The Morgan fingerprint density at radius 3 is 1.72 bits per heavy atom. The summed E-state index contributed by atoms with van der Waals surface area (Å²) in [5.74, 6) is 2.76. The van der Waals surface area contributed by atoms with Crippen molar-refractivity contribution < 1.29 is 33.3 Å². The van der Waals surface area contributed by atoms with E-state index in [1.54, 1.807) is 74.9 Å². The number of aromatic nitrogens is 2. The molecule has 0 bridgehead atoms. The van der Waals surface area contributed by atoms with E-state index < -0.39 is 5.43 Å². The molecule has 1 aliphatic rings. The number of nitrogens with zero attached hydrogens (tertiary/aromatic N) is 2. The lowest BCUT2D eigenvalue weighted by molar-refractivity contribution is -0.133. The smallest absolute Gasteiger partial charge is 0.409 e. The normalized spacial score (nSPS) is 11.9. The van der Waals surface area contributed by atoms with Crippen LogP contribution in [0.1, 0.15) is 44.1 Å². The van der Waals surface area contributed by atoms with Crippen molar-refractivity contribution in [1.29, 1.82) is 0 Å². The summed E-state index contributed by atoms with van der Waals surface area (Å²) in [5, 5.41) is 0.690. The molecule has 0 spiro atoms. The number of halogens is 1. The largest absolute Gasteiger partial charge is 0.493 e. The first-order chi connectivity index (χ1) is 22.9. The van der Waals surface area contributed by atoms with Gasteiger partial charge in [0.25, 0.3) is 0 Å². The monoisotopic (exact) mass is 656 g/mol. The average Bonchev–Trinajstić information content (AvgIpc) is 3.10. The van der Waals surface area contributed by atoms with Gasteiger partial charge in [-0.25, -0.2) is 14.8 Å². The Hall–Kier alpha value is -5.15. The predicted octanol–water partition coefficient (Wildman–Crippen LogP) is 9.35. The molecular weight excluding hydrogens is 620 g/mol. The van der Waals surface area contributed by atoms with Crippen LogP contribution in [0.4, 0.5) is 4.79 Å². The highest BCUT2D eigenvalue weighted by Crippen LogP contribution is 2.35. The maximum atomic E-state index is 12.1. The minimum Gasteiger partial charge on any atom is -0.493 e. The van der Waals surface area contributed by atoms with Crippen LogP contribution < -0.4 is 23.7 Å². The number of hydrogen-bond acceptors (Lipinski definition) is 9. The molecule has 244 valence electrons. The minimum absolute atomic E-state index is 0.155. The highest BCUT2D eigenvalue weighted by Gasteiger charge is 2.13. The topological polar surface area (TPSA) is 106 Å². The number of ether oxygens (including phenoxy) is 5. The molecule has 10 heteroatoms. The summed E-state index contributed by atoms with van der Waals surface area (Å²) in [7, 11) is 3.13. The minimum atomic E-state index is -0.814. The lowest BCUT2D eigenvalue weighted by Crippen LogP contribution is -2.11. The van der Waals surface area contributed by atoms with Crippen LogP contribution in [0.25, 0.3) is 10.9 Å². The van der Waals surface area contributed by atoms with Crippen LogP contribution in [-0.4, -0.2) is 35.6 Å². The molecule has 1 aliphatic carbocycles. The highest BCUT2D eigenvalue weighted by molar-refractivity contribution is 6.61. The first-order valence-electron chi connectivity index (χ1n) is 15.3. The van der Waals surface area contributed by atoms with E-state index in [0.717, 1.165) is 5.56 Å². The quantitative estimate of drug-likeness (QED) is 0.0917. The zero-order chi connectivity index (χ0) is 33.3. The fraction of sp³-hybridized carbons (Fsp3) is 0.243. The standard InChI is InChI=1S/C24H20N2O5.C7H5ClO2.C6H12/c1-28-21-13-19-20(14-22(21)29-2)25-15-26-24(19)31-18-10-8-16(9-11-18)12-23(27)30-17-6-4-3-5-7-17;8-7(9)10-6-4-2-1-3-5-6;1-2-4-6-5-3-1/h3-11,13-15H,12H2,1-2H3;1-5H;1-6H2. The molecule has 47 heavy (non-hydrogen) atoms. The Morgan fingerprint density at radius 2 is 1.19 bits per heavy atom. The number of rotatable bonds is 8. The summed E-state index contributed by atoms with van der Waals surface area (Å²) in [4.78, 5) is 30.8. The number of para-hydroxylation sites is 2. The van der Waals surface area contributed by atoms with E-state index in [4.69, 9.17) is 30.5 Å². The predicted molar refractivity (Wildman–Crippen MR) is 181 cm³/mol. The molecule has 0 unspecified atom stereocenters. The van der Waals surface area contributed by atoms with Gasteiger partial charge in [-0.05, 0) is 48.0 Å². The number of carbonyl (C=O) groups excluding carboxylic acids is 2. The summed E-state index contributed by atoms with van der Waals surface area (Å²) in [6.07, 6.45) is 10.6. The van der Waals surface area contributed by atoms with E-state index >= 15 is 0 Å². The van der Waals surface area contributed by atoms with E-state index in [1.807, 2.05) is 36.4 Å². The number of hydrogen-bond donors (Lipinski definition) is 0. The molecule has 1 fully saturated rings. The van der Waals surface area contributed by atoms with Crippen LogP contribution in [0.5, 0.6) is 34.6 Å². The number of methoxy groups -OCH3 is 2. The van der Waals surface area contributed by atoms with Crippen LogP contribution in [0.15, 0.2) is 103 Å². The highest BCUT2D eigenvalue weighted by atomic mass is 35.5. The average molecular weight is 657 g/mol. The van der Waals surface area contributed by atoms with Crippen molar-refractivity contribution >= 4 is 33.9 Å². The molecule has 0 aliphatic heterocycles. The van der Waals surface area contributed by atoms with Crippen LogP contribution in [-0.2, 0) is 11.2 Å². The lowest BCUT2D eigenvalue weighted by atomic mass is 10.0. The molecule has 1 aromatic heterocycles. The van der Waals surface area contributed by atoms with Gasteiger partial charge in [0.05, 0.1) is 31.5 Å².